The molecular formula is C11H12N2O3. The van der Waals surface area contributed by atoms with Gasteiger partial charge >= 0.3 is 5.97 Å². The fourth-order valence-corrected chi connectivity index (χ4v) is 1.63. The standard InChI is InChI=1S/C11H12N2O3/c1-6(2)13-10(14)8-4-3-7(11(15)16)5-9(8)12-13/h3-6,12H,1-2H3,(H,15,16). The van der Waals surface area contributed by atoms with Crippen LogP contribution >= 0.6 is 0 Å². The number of hydrogen-bond acceptors (Lipinski definition) is 2. The normalized spacial score (nSPS) is 11.2. The topological polar surface area (TPSA) is 75.1 Å². The van der Waals surface area contributed by atoms with E-state index in [-0.39, 0.29) is 17.2 Å². The molecule has 0 aliphatic carbocycles. The van der Waals surface area contributed by atoms with Gasteiger partial charge in [0.15, 0.2) is 0 Å². The lowest BCUT2D eigenvalue weighted by Gasteiger charge is -2.03. The lowest BCUT2D eigenvalue weighted by atomic mass is 10.2. The van der Waals surface area contributed by atoms with Crippen LogP contribution in [0.4, 0.5) is 0 Å². The molecule has 0 bridgehead atoms. The minimum absolute atomic E-state index is 0.0215. The monoisotopic (exact) mass is 220 g/mol. The number of H-pyrrole nitrogens is 1. The second-order valence-electron chi connectivity index (χ2n) is 3.95. The maximum absolute atomic E-state index is 11.8. The zero-order valence-corrected chi connectivity index (χ0v) is 9.02. The number of aromatic amines is 1. The van der Waals surface area contributed by atoms with Crippen molar-refractivity contribution in [1.82, 2.24) is 9.78 Å². The molecule has 0 saturated carbocycles. The molecule has 5 heteroatoms. The molecule has 0 fully saturated rings. The van der Waals surface area contributed by atoms with Crippen LogP contribution in [0.15, 0.2) is 23.0 Å². The van der Waals surface area contributed by atoms with Gasteiger partial charge in [0.1, 0.15) is 0 Å². The highest BCUT2D eigenvalue weighted by Crippen LogP contribution is 2.12. The van der Waals surface area contributed by atoms with Crippen molar-refractivity contribution in [2.24, 2.45) is 0 Å². The first-order chi connectivity index (χ1) is 7.50. The van der Waals surface area contributed by atoms with Crippen molar-refractivity contribution in [3.8, 4) is 0 Å². The third kappa shape index (κ3) is 1.50. The number of aromatic carboxylic acids is 1. The molecule has 0 spiro atoms. The van der Waals surface area contributed by atoms with Gasteiger partial charge in [0.2, 0.25) is 0 Å². The zero-order valence-electron chi connectivity index (χ0n) is 9.02. The first-order valence-electron chi connectivity index (χ1n) is 4.98. The molecule has 16 heavy (non-hydrogen) atoms. The lowest BCUT2D eigenvalue weighted by molar-refractivity contribution is 0.0697. The van der Waals surface area contributed by atoms with Gasteiger partial charge in [-0.2, -0.15) is 0 Å². The summed E-state index contributed by atoms with van der Waals surface area (Å²) in [6, 6.07) is 4.46. The van der Waals surface area contributed by atoms with Crippen LogP contribution in [0.3, 0.4) is 0 Å². The quantitative estimate of drug-likeness (QED) is 0.807. The second-order valence-corrected chi connectivity index (χ2v) is 3.95. The molecule has 1 aromatic heterocycles. The van der Waals surface area contributed by atoms with Gasteiger partial charge in [-0.3, -0.25) is 9.89 Å². The van der Waals surface area contributed by atoms with Gasteiger partial charge in [0, 0.05) is 6.04 Å². The Morgan fingerprint density at radius 3 is 2.69 bits per heavy atom. The molecule has 1 heterocycles. The maximum Gasteiger partial charge on any atom is 0.335 e. The summed E-state index contributed by atoms with van der Waals surface area (Å²) in [5, 5.41) is 12.2. The number of hydrogen-bond donors (Lipinski definition) is 2. The highest BCUT2D eigenvalue weighted by atomic mass is 16.4. The molecule has 2 aromatic rings. The van der Waals surface area contributed by atoms with Crippen molar-refractivity contribution in [3.05, 3.63) is 34.1 Å². The van der Waals surface area contributed by atoms with E-state index in [0.29, 0.717) is 10.9 Å². The Labute approximate surface area is 91.3 Å². The predicted octanol–water partition coefficient (Wildman–Crippen LogP) is 1.61. The fraction of sp³-hybridized carbons (Fsp3) is 0.273. The minimum Gasteiger partial charge on any atom is -0.478 e. The van der Waals surface area contributed by atoms with E-state index in [2.05, 4.69) is 5.10 Å². The summed E-state index contributed by atoms with van der Waals surface area (Å²) in [5.41, 5.74) is 0.602. The summed E-state index contributed by atoms with van der Waals surface area (Å²) < 4.78 is 1.48. The van der Waals surface area contributed by atoms with Gasteiger partial charge in [-0.1, -0.05) is 0 Å². The molecule has 1 aromatic carbocycles. The van der Waals surface area contributed by atoms with Crippen LogP contribution in [-0.2, 0) is 0 Å². The van der Waals surface area contributed by atoms with E-state index in [4.69, 9.17) is 5.11 Å². The number of rotatable bonds is 2. The highest BCUT2D eigenvalue weighted by Gasteiger charge is 2.11. The number of nitrogens with one attached hydrogen (secondary N) is 1. The van der Waals surface area contributed by atoms with Crippen molar-refractivity contribution in [2.75, 3.05) is 0 Å². The van der Waals surface area contributed by atoms with Gasteiger partial charge in [0.25, 0.3) is 5.56 Å². The van der Waals surface area contributed by atoms with E-state index >= 15 is 0 Å². The third-order valence-corrected chi connectivity index (χ3v) is 2.47. The molecule has 0 amide bonds. The Balaban J connectivity index is 2.72. The van der Waals surface area contributed by atoms with Gasteiger partial charge < -0.3 is 5.11 Å². The predicted molar refractivity (Wildman–Crippen MR) is 59.9 cm³/mol. The molecule has 0 aliphatic rings. The summed E-state index contributed by atoms with van der Waals surface area (Å²) in [6.07, 6.45) is 0. The number of benzene rings is 1. The van der Waals surface area contributed by atoms with Crippen molar-refractivity contribution in [1.29, 1.82) is 0 Å². The summed E-state index contributed by atoms with van der Waals surface area (Å²) in [7, 11) is 0. The van der Waals surface area contributed by atoms with Crippen molar-refractivity contribution in [2.45, 2.75) is 19.9 Å². The summed E-state index contributed by atoms with van der Waals surface area (Å²) >= 11 is 0. The highest BCUT2D eigenvalue weighted by molar-refractivity contribution is 5.92. The Morgan fingerprint density at radius 2 is 2.12 bits per heavy atom. The van der Waals surface area contributed by atoms with Crippen LogP contribution in [0.5, 0.6) is 0 Å². The number of carboxylic acids is 1. The largest absolute Gasteiger partial charge is 0.478 e. The van der Waals surface area contributed by atoms with Crippen LogP contribution in [0, 0.1) is 0 Å². The first-order valence-corrected chi connectivity index (χ1v) is 4.98. The smallest absolute Gasteiger partial charge is 0.335 e. The molecule has 5 nitrogen and oxygen atoms in total. The van der Waals surface area contributed by atoms with E-state index in [9.17, 15) is 9.59 Å². The Morgan fingerprint density at radius 1 is 1.44 bits per heavy atom. The molecule has 0 unspecified atom stereocenters. The van der Waals surface area contributed by atoms with Gasteiger partial charge in [-0.25, -0.2) is 9.48 Å². The first kappa shape index (κ1) is 10.5. The van der Waals surface area contributed by atoms with E-state index in [0.717, 1.165) is 0 Å². The van der Waals surface area contributed by atoms with Crippen LogP contribution in [0.2, 0.25) is 0 Å². The summed E-state index contributed by atoms with van der Waals surface area (Å²) in [4.78, 5) is 22.6. The van der Waals surface area contributed by atoms with Crippen LogP contribution in [0.25, 0.3) is 10.9 Å². The fourth-order valence-electron chi connectivity index (χ4n) is 1.63. The molecular weight excluding hydrogens is 208 g/mol. The average molecular weight is 220 g/mol. The molecule has 2 rings (SSSR count). The van der Waals surface area contributed by atoms with Crippen molar-refractivity contribution < 1.29 is 9.90 Å². The minimum atomic E-state index is -1.000. The van der Waals surface area contributed by atoms with Gasteiger partial charge in [0.05, 0.1) is 16.5 Å². The zero-order chi connectivity index (χ0) is 11.9. The number of fused-ring (bicyclic) bond motifs is 1. The van der Waals surface area contributed by atoms with E-state index in [1.54, 1.807) is 0 Å². The van der Waals surface area contributed by atoms with Gasteiger partial charge in [-0.15, -0.1) is 0 Å². The van der Waals surface area contributed by atoms with Crippen LogP contribution in [-0.4, -0.2) is 20.9 Å². The Kier molecular flexibility index (Phi) is 2.30. The van der Waals surface area contributed by atoms with E-state index in [1.807, 2.05) is 13.8 Å². The van der Waals surface area contributed by atoms with E-state index in [1.165, 1.54) is 22.9 Å². The molecule has 0 aliphatic heterocycles. The van der Waals surface area contributed by atoms with Gasteiger partial charge in [-0.05, 0) is 32.0 Å². The Bertz CT molecular complexity index is 607. The SMILES string of the molecule is CC(C)n1[nH]c2cc(C(=O)O)ccc2c1=O. The maximum atomic E-state index is 11.8. The molecule has 84 valence electrons. The number of aromatic nitrogens is 2. The number of carbonyl (C=O) groups is 1. The molecule has 0 radical (unpaired) electrons. The number of carboxylic acid groups (broad SMARTS) is 1. The number of nitrogens with zero attached hydrogens (tertiary/aromatic N) is 1. The van der Waals surface area contributed by atoms with Crippen LogP contribution < -0.4 is 5.56 Å². The van der Waals surface area contributed by atoms with Crippen molar-refractivity contribution >= 4 is 16.9 Å². The average Bonchev–Trinajstić information content (AvgIpc) is 2.55. The third-order valence-electron chi connectivity index (χ3n) is 2.47. The summed E-state index contributed by atoms with van der Waals surface area (Å²) in [6.45, 7) is 3.77. The molecule has 2 N–H and O–H groups in total. The van der Waals surface area contributed by atoms with Crippen LogP contribution in [0.1, 0.15) is 30.2 Å². The molecule has 0 saturated heterocycles. The van der Waals surface area contributed by atoms with E-state index < -0.39 is 5.97 Å². The molecule has 0 atom stereocenters. The Hall–Kier alpha value is -2.04. The summed E-state index contributed by atoms with van der Waals surface area (Å²) in [5.74, 6) is -1.000. The lowest BCUT2D eigenvalue weighted by Crippen LogP contribution is -2.18. The van der Waals surface area contributed by atoms with Crippen molar-refractivity contribution in [3.63, 3.8) is 0 Å². The second kappa shape index (κ2) is 3.52.